The Kier molecular flexibility index (Phi) is 4.23. The molecule has 0 N–H and O–H groups in total. The SMILES string of the molecule is C(=NCc1ccccc1)c1ccccc1-c1ccccc1. The number of aliphatic imine (C=N–C) groups is 1. The van der Waals surface area contributed by atoms with Gasteiger partial charge in [-0.15, -0.1) is 0 Å². The summed E-state index contributed by atoms with van der Waals surface area (Å²) in [6.07, 6.45) is 1.97. The van der Waals surface area contributed by atoms with E-state index in [0.717, 1.165) is 5.56 Å². The molecule has 0 saturated carbocycles. The van der Waals surface area contributed by atoms with Crippen molar-refractivity contribution in [3.05, 3.63) is 96.1 Å². The fourth-order valence-corrected chi connectivity index (χ4v) is 2.32. The molecule has 21 heavy (non-hydrogen) atoms. The minimum absolute atomic E-state index is 0.712. The lowest BCUT2D eigenvalue weighted by Gasteiger charge is -2.05. The van der Waals surface area contributed by atoms with E-state index in [-0.39, 0.29) is 0 Å². The first-order valence-corrected chi connectivity index (χ1v) is 7.12. The zero-order valence-corrected chi connectivity index (χ0v) is 11.8. The molecule has 1 heteroatoms. The molecule has 0 bridgehead atoms. The smallest absolute Gasteiger partial charge is 0.0639 e. The second-order valence-electron chi connectivity index (χ2n) is 4.91. The fraction of sp³-hybridized carbons (Fsp3) is 0.0500. The summed E-state index contributed by atoms with van der Waals surface area (Å²) in [7, 11) is 0. The van der Waals surface area contributed by atoms with Crippen molar-refractivity contribution in [3.63, 3.8) is 0 Å². The Labute approximate surface area is 125 Å². The van der Waals surface area contributed by atoms with Crippen LogP contribution in [-0.4, -0.2) is 6.21 Å². The van der Waals surface area contributed by atoms with E-state index in [4.69, 9.17) is 0 Å². The lowest BCUT2D eigenvalue weighted by atomic mass is 10.0. The zero-order chi connectivity index (χ0) is 14.3. The van der Waals surface area contributed by atoms with E-state index in [1.54, 1.807) is 0 Å². The van der Waals surface area contributed by atoms with Crippen LogP contribution in [0.2, 0.25) is 0 Å². The first kappa shape index (κ1) is 13.3. The molecule has 3 aromatic rings. The van der Waals surface area contributed by atoms with Crippen LogP contribution in [0.25, 0.3) is 11.1 Å². The van der Waals surface area contributed by atoms with Gasteiger partial charge in [0.1, 0.15) is 0 Å². The molecule has 0 aromatic heterocycles. The Balaban J connectivity index is 1.83. The minimum Gasteiger partial charge on any atom is -0.288 e. The van der Waals surface area contributed by atoms with Crippen LogP contribution in [0.3, 0.4) is 0 Å². The maximum absolute atomic E-state index is 4.57. The Morgan fingerprint density at radius 2 is 1.29 bits per heavy atom. The second-order valence-corrected chi connectivity index (χ2v) is 4.91. The van der Waals surface area contributed by atoms with Gasteiger partial charge in [-0.2, -0.15) is 0 Å². The Morgan fingerprint density at radius 1 is 0.667 bits per heavy atom. The van der Waals surface area contributed by atoms with Crippen LogP contribution < -0.4 is 0 Å². The van der Waals surface area contributed by atoms with Crippen molar-refractivity contribution < 1.29 is 0 Å². The largest absolute Gasteiger partial charge is 0.288 e. The summed E-state index contributed by atoms with van der Waals surface area (Å²) < 4.78 is 0. The maximum Gasteiger partial charge on any atom is 0.0639 e. The molecule has 0 atom stereocenters. The molecule has 0 fully saturated rings. The quantitative estimate of drug-likeness (QED) is 0.594. The lowest BCUT2D eigenvalue weighted by Crippen LogP contribution is -1.89. The van der Waals surface area contributed by atoms with E-state index in [9.17, 15) is 0 Å². The summed E-state index contributed by atoms with van der Waals surface area (Å²) in [6, 6.07) is 29.1. The molecule has 0 saturated heterocycles. The van der Waals surface area contributed by atoms with Gasteiger partial charge in [0.15, 0.2) is 0 Å². The van der Waals surface area contributed by atoms with Crippen LogP contribution in [-0.2, 0) is 6.54 Å². The zero-order valence-electron chi connectivity index (χ0n) is 11.8. The van der Waals surface area contributed by atoms with E-state index >= 15 is 0 Å². The molecule has 102 valence electrons. The molecule has 1 nitrogen and oxygen atoms in total. The van der Waals surface area contributed by atoms with Crippen molar-refractivity contribution in [3.8, 4) is 11.1 Å². The molecule has 0 unspecified atom stereocenters. The summed E-state index contributed by atoms with van der Waals surface area (Å²) >= 11 is 0. The molecule has 3 aromatic carbocycles. The van der Waals surface area contributed by atoms with Gasteiger partial charge in [-0.1, -0.05) is 84.9 Å². The fourth-order valence-electron chi connectivity index (χ4n) is 2.32. The van der Waals surface area contributed by atoms with Crippen molar-refractivity contribution >= 4 is 6.21 Å². The van der Waals surface area contributed by atoms with Gasteiger partial charge in [0.2, 0.25) is 0 Å². The van der Waals surface area contributed by atoms with Gasteiger partial charge >= 0.3 is 0 Å². The van der Waals surface area contributed by atoms with Gasteiger partial charge in [-0.25, -0.2) is 0 Å². The monoisotopic (exact) mass is 271 g/mol. The van der Waals surface area contributed by atoms with Gasteiger partial charge in [0, 0.05) is 11.8 Å². The molecule has 0 spiro atoms. The summed E-state index contributed by atoms with van der Waals surface area (Å²) in [4.78, 5) is 4.57. The van der Waals surface area contributed by atoms with Gasteiger partial charge in [0.25, 0.3) is 0 Å². The highest BCUT2D eigenvalue weighted by Gasteiger charge is 2.01. The highest BCUT2D eigenvalue weighted by molar-refractivity contribution is 5.90. The highest BCUT2D eigenvalue weighted by Crippen LogP contribution is 2.22. The Morgan fingerprint density at radius 3 is 2.05 bits per heavy atom. The normalized spacial score (nSPS) is 10.9. The average Bonchev–Trinajstić information content (AvgIpc) is 2.57. The molecule has 0 heterocycles. The second kappa shape index (κ2) is 6.67. The molecule has 0 amide bonds. The first-order valence-electron chi connectivity index (χ1n) is 7.12. The summed E-state index contributed by atoms with van der Waals surface area (Å²) in [5.74, 6) is 0. The standard InChI is InChI=1S/C20H17N/c1-3-9-17(10-4-1)15-21-16-19-13-7-8-14-20(19)18-11-5-2-6-12-18/h1-14,16H,15H2. The van der Waals surface area contributed by atoms with E-state index in [0.29, 0.717) is 6.54 Å². The van der Waals surface area contributed by atoms with Crippen LogP contribution in [0, 0.1) is 0 Å². The van der Waals surface area contributed by atoms with Crippen molar-refractivity contribution in [1.29, 1.82) is 0 Å². The molecule has 3 rings (SSSR count). The summed E-state index contributed by atoms with van der Waals surface area (Å²) in [6.45, 7) is 0.712. The summed E-state index contributed by atoms with van der Waals surface area (Å²) in [5.41, 5.74) is 4.82. The van der Waals surface area contributed by atoms with Crippen LogP contribution in [0.4, 0.5) is 0 Å². The third-order valence-electron chi connectivity index (χ3n) is 3.39. The average molecular weight is 271 g/mol. The predicted octanol–water partition coefficient (Wildman–Crippen LogP) is 4.97. The lowest BCUT2D eigenvalue weighted by molar-refractivity contribution is 1.08. The maximum atomic E-state index is 4.57. The molecule has 0 radical (unpaired) electrons. The molecule has 0 aliphatic carbocycles. The Bertz CT molecular complexity index is 715. The number of hydrogen-bond donors (Lipinski definition) is 0. The Hall–Kier alpha value is -2.67. The highest BCUT2D eigenvalue weighted by atomic mass is 14.7. The predicted molar refractivity (Wildman–Crippen MR) is 89.6 cm³/mol. The molecular formula is C20H17N. The number of rotatable bonds is 4. The third kappa shape index (κ3) is 3.46. The van der Waals surface area contributed by atoms with Crippen LogP contribution >= 0.6 is 0 Å². The number of nitrogens with zero attached hydrogens (tertiary/aromatic N) is 1. The first-order chi connectivity index (χ1) is 10.4. The van der Waals surface area contributed by atoms with Crippen molar-refractivity contribution in [2.24, 2.45) is 4.99 Å². The van der Waals surface area contributed by atoms with E-state index in [2.05, 4.69) is 65.7 Å². The molecular weight excluding hydrogens is 254 g/mol. The molecule has 0 aliphatic heterocycles. The van der Waals surface area contributed by atoms with Crippen LogP contribution in [0.5, 0.6) is 0 Å². The van der Waals surface area contributed by atoms with Crippen LogP contribution in [0.15, 0.2) is 89.9 Å². The van der Waals surface area contributed by atoms with Crippen molar-refractivity contribution in [2.75, 3.05) is 0 Å². The van der Waals surface area contributed by atoms with Gasteiger partial charge in [-0.05, 0) is 16.7 Å². The molecule has 0 aliphatic rings. The third-order valence-corrected chi connectivity index (χ3v) is 3.39. The van der Waals surface area contributed by atoms with Crippen LogP contribution in [0.1, 0.15) is 11.1 Å². The van der Waals surface area contributed by atoms with Crippen molar-refractivity contribution in [2.45, 2.75) is 6.54 Å². The topological polar surface area (TPSA) is 12.4 Å². The number of hydrogen-bond acceptors (Lipinski definition) is 1. The minimum atomic E-state index is 0.712. The van der Waals surface area contributed by atoms with Crippen molar-refractivity contribution in [1.82, 2.24) is 0 Å². The van der Waals surface area contributed by atoms with E-state index in [1.165, 1.54) is 16.7 Å². The van der Waals surface area contributed by atoms with Gasteiger partial charge in [-0.3, -0.25) is 4.99 Å². The summed E-state index contributed by atoms with van der Waals surface area (Å²) in [5, 5.41) is 0. The van der Waals surface area contributed by atoms with Gasteiger partial charge in [0.05, 0.1) is 6.54 Å². The van der Waals surface area contributed by atoms with E-state index in [1.807, 2.05) is 30.5 Å². The number of benzene rings is 3. The van der Waals surface area contributed by atoms with Gasteiger partial charge < -0.3 is 0 Å². The van der Waals surface area contributed by atoms with E-state index < -0.39 is 0 Å².